The predicted molar refractivity (Wildman–Crippen MR) is 114 cm³/mol. The molecule has 0 spiro atoms. The van der Waals surface area contributed by atoms with Crippen molar-refractivity contribution >= 4 is 23.8 Å². The zero-order valence-corrected chi connectivity index (χ0v) is 17.9. The van der Waals surface area contributed by atoms with Crippen LogP contribution in [0, 0.1) is 5.41 Å². The summed E-state index contributed by atoms with van der Waals surface area (Å²) in [6, 6.07) is 9.66. The molecule has 0 amide bonds. The van der Waals surface area contributed by atoms with Crippen LogP contribution in [-0.2, 0) is 23.9 Å². The molecule has 0 heterocycles. The van der Waals surface area contributed by atoms with Gasteiger partial charge in [-0.1, -0.05) is 54.1 Å². The maximum Gasteiger partial charge on any atom is 0.324 e. The van der Waals surface area contributed by atoms with Gasteiger partial charge in [0.05, 0.1) is 13.2 Å². The molecule has 0 radical (unpaired) electrons. The van der Waals surface area contributed by atoms with E-state index >= 15 is 0 Å². The van der Waals surface area contributed by atoms with Crippen molar-refractivity contribution in [3.8, 4) is 0 Å². The molecule has 1 aromatic rings. The summed E-state index contributed by atoms with van der Waals surface area (Å²) in [5, 5.41) is 0. The first-order valence-corrected chi connectivity index (χ1v) is 10.1. The van der Waals surface area contributed by atoms with E-state index in [1.165, 1.54) is 0 Å². The maximum atomic E-state index is 12.9. The van der Waals surface area contributed by atoms with Gasteiger partial charge < -0.3 is 14.3 Å². The van der Waals surface area contributed by atoms with Crippen molar-refractivity contribution in [2.45, 2.75) is 53.4 Å². The number of benzene rings is 1. The number of hydrogen-bond donors (Lipinski definition) is 0. The minimum atomic E-state index is -1.45. The van der Waals surface area contributed by atoms with Crippen LogP contribution in [0.4, 0.5) is 0 Å². The van der Waals surface area contributed by atoms with Crippen LogP contribution in [0.1, 0.15) is 58.9 Å². The molecule has 1 aromatic carbocycles. The summed E-state index contributed by atoms with van der Waals surface area (Å²) >= 11 is 0. The Morgan fingerprint density at radius 3 is 2.07 bits per heavy atom. The number of Topliss-reactive ketones (excluding diaryl/α,β-unsaturated/α-hetero) is 1. The molecule has 0 bridgehead atoms. The lowest BCUT2D eigenvalue weighted by Gasteiger charge is -2.28. The molecule has 0 aromatic heterocycles. The van der Waals surface area contributed by atoms with Gasteiger partial charge in [0.15, 0.2) is 5.41 Å². The number of ether oxygens (including phenoxy) is 2. The molecular formula is C24H32O5. The van der Waals surface area contributed by atoms with Crippen LogP contribution in [0.5, 0.6) is 0 Å². The molecule has 0 atom stereocenters. The van der Waals surface area contributed by atoms with Gasteiger partial charge in [0.1, 0.15) is 5.78 Å². The highest BCUT2D eigenvalue weighted by Crippen LogP contribution is 2.35. The van der Waals surface area contributed by atoms with E-state index in [4.69, 9.17) is 9.47 Å². The van der Waals surface area contributed by atoms with Crippen molar-refractivity contribution in [2.75, 3.05) is 13.2 Å². The highest BCUT2D eigenvalue weighted by atomic mass is 16.6. The summed E-state index contributed by atoms with van der Waals surface area (Å²) in [5.41, 5.74) is 0.372. The Balaban J connectivity index is 3.18. The lowest BCUT2D eigenvalue weighted by atomic mass is 9.78. The first-order chi connectivity index (χ1) is 13.9. The van der Waals surface area contributed by atoms with Crippen molar-refractivity contribution in [2.24, 2.45) is 5.41 Å². The SMILES string of the molecule is CCOC(=O)C(C/C=C/c1ccccc1)(C/C(C)=C\CCC(C)=O)C(=O)OCC. The third-order valence-corrected chi connectivity index (χ3v) is 4.48. The minimum Gasteiger partial charge on any atom is -0.465 e. The van der Waals surface area contributed by atoms with Gasteiger partial charge in [0, 0.05) is 6.42 Å². The smallest absolute Gasteiger partial charge is 0.324 e. The Labute approximate surface area is 173 Å². The largest absolute Gasteiger partial charge is 0.465 e. The van der Waals surface area contributed by atoms with Gasteiger partial charge in [-0.3, -0.25) is 9.59 Å². The van der Waals surface area contributed by atoms with E-state index in [9.17, 15) is 14.4 Å². The predicted octanol–water partition coefficient (Wildman–Crippen LogP) is 4.91. The highest BCUT2D eigenvalue weighted by Gasteiger charge is 2.48. The fourth-order valence-electron chi connectivity index (χ4n) is 3.04. The molecule has 5 heteroatoms. The number of carbonyl (C=O) groups excluding carboxylic acids is 3. The Morgan fingerprint density at radius 1 is 0.966 bits per heavy atom. The fourth-order valence-corrected chi connectivity index (χ4v) is 3.04. The second-order valence-corrected chi connectivity index (χ2v) is 7.01. The fraction of sp³-hybridized carbons (Fsp3) is 0.458. The van der Waals surface area contributed by atoms with Crippen LogP contribution < -0.4 is 0 Å². The minimum absolute atomic E-state index is 0.0990. The number of allylic oxidation sites excluding steroid dienone is 3. The van der Waals surface area contributed by atoms with E-state index in [1.54, 1.807) is 20.8 Å². The van der Waals surface area contributed by atoms with Crippen LogP contribution in [0.25, 0.3) is 6.08 Å². The van der Waals surface area contributed by atoms with E-state index in [0.29, 0.717) is 12.8 Å². The van der Waals surface area contributed by atoms with Crippen molar-refractivity contribution < 1.29 is 23.9 Å². The van der Waals surface area contributed by atoms with Crippen LogP contribution in [0.2, 0.25) is 0 Å². The van der Waals surface area contributed by atoms with Gasteiger partial charge >= 0.3 is 11.9 Å². The molecule has 1 rings (SSSR count). The highest BCUT2D eigenvalue weighted by molar-refractivity contribution is 6.00. The molecule has 0 saturated heterocycles. The van der Waals surface area contributed by atoms with Gasteiger partial charge in [0.25, 0.3) is 0 Å². The molecule has 158 valence electrons. The molecular weight excluding hydrogens is 368 g/mol. The molecule has 0 aliphatic carbocycles. The molecule has 5 nitrogen and oxygen atoms in total. The molecule has 0 aliphatic rings. The van der Waals surface area contributed by atoms with E-state index < -0.39 is 17.4 Å². The average molecular weight is 401 g/mol. The second-order valence-electron chi connectivity index (χ2n) is 7.01. The first kappa shape index (κ1) is 24.3. The van der Waals surface area contributed by atoms with Gasteiger partial charge in [-0.25, -0.2) is 0 Å². The zero-order chi connectivity index (χ0) is 21.7. The number of carbonyl (C=O) groups is 3. The van der Waals surface area contributed by atoms with E-state index in [-0.39, 0.29) is 31.8 Å². The van der Waals surface area contributed by atoms with Crippen LogP contribution in [-0.4, -0.2) is 30.9 Å². The first-order valence-electron chi connectivity index (χ1n) is 10.1. The van der Waals surface area contributed by atoms with E-state index in [1.807, 2.05) is 55.5 Å². The summed E-state index contributed by atoms with van der Waals surface area (Å²) < 4.78 is 10.5. The number of hydrogen-bond acceptors (Lipinski definition) is 5. The lowest BCUT2D eigenvalue weighted by molar-refractivity contribution is -0.171. The second kappa shape index (κ2) is 12.7. The number of rotatable bonds is 12. The topological polar surface area (TPSA) is 69.7 Å². The van der Waals surface area contributed by atoms with Gasteiger partial charge in [-0.15, -0.1) is 0 Å². The third-order valence-electron chi connectivity index (χ3n) is 4.48. The van der Waals surface area contributed by atoms with Crippen LogP contribution >= 0.6 is 0 Å². The molecule has 0 aliphatic heterocycles. The van der Waals surface area contributed by atoms with Gasteiger partial charge in [0.2, 0.25) is 0 Å². The summed E-state index contributed by atoms with van der Waals surface area (Å²) in [6.45, 7) is 7.17. The molecule has 0 N–H and O–H groups in total. The maximum absolute atomic E-state index is 12.9. The van der Waals surface area contributed by atoms with E-state index in [0.717, 1.165) is 11.1 Å². The van der Waals surface area contributed by atoms with E-state index in [2.05, 4.69) is 0 Å². The van der Waals surface area contributed by atoms with Crippen molar-refractivity contribution in [3.05, 3.63) is 53.6 Å². The van der Waals surface area contributed by atoms with Crippen LogP contribution in [0.3, 0.4) is 0 Å². The molecule has 0 unspecified atom stereocenters. The summed E-state index contributed by atoms with van der Waals surface area (Å²) in [6.07, 6.45) is 6.93. The summed E-state index contributed by atoms with van der Waals surface area (Å²) in [4.78, 5) is 37.0. The Kier molecular flexibility index (Phi) is 10.7. The van der Waals surface area contributed by atoms with Gasteiger partial charge in [-0.05, 0) is 52.5 Å². The lowest BCUT2D eigenvalue weighted by Crippen LogP contribution is -2.42. The van der Waals surface area contributed by atoms with Crippen molar-refractivity contribution in [1.82, 2.24) is 0 Å². The Hall–Kier alpha value is -2.69. The molecule has 0 fully saturated rings. The molecule has 29 heavy (non-hydrogen) atoms. The summed E-state index contributed by atoms with van der Waals surface area (Å²) in [5.74, 6) is -1.08. The van der Waals surface area contributed by atoms with Gasteiger partial charge in [-0.2, -0.15) is 0 Å². The normalized spacial score (nSPS) is 12.1. The standard InChI is InChI=1S/C24H32O5/c1-5-28-22(26)24(23(27)29-6-2,18-19(3)12-10-13-20(4)25)17-11-16-21-14-8-7-9-15-21/h7-9,11-12,14-16H,5-6,10,13,17-18H2,1-4H3/b16-11+,19-12-. The number of ketones is 1. The number of esters is 2. The van der Waals surface area contributed by atoms with Crippen LogP contribution in [0.15, 0.2) is 48.1 Å². The van der Waals surface area contributed by atoms with Crippen molar-refractivity contribution in [3.63, 3.8) is 0 Å². The Bertz CT molecular complexity index is 713. The van der Waals surface area contributed by atoms with Crippen molar-refractivity contribution in [1.29, 1.82) is 0 Å². The average Bonchev–Trinajstić information content (AvgIpc) is 2.68. The quantitative estimate of drug-likeness (QED) is 0.283. The summed E-state index contributed by atoms with van der Waals surface area (Å²) in [7, 11) is 0. The monoisotopic (exact) mass is 400 g/mol. The Morgan fingerprint density at radius 2 is 1.55 bits per heavy atom. The molecule has 0 saturated carbocycles. The third kappa shape index (κ3) is 8.06. The zero-order valence-electron chi connectivity index (χ0n) is 17.9.